The molecule has 1 N–H and O–H groups in total. The molecular weight excluding hydrogens is 268 g/mol. The van der Waals surface area contributed by atoms with Gasteiger partial charge in [-0.15, -0.1) is 0 Å². The minimum absolute atomic E-state index is 0.0859. The Balaban J connectivity index is 2.09. The normalized spacial score (nSPS) is 10.7. The summed E-state index contributed by atoms with van der Waals surface area (Å²) in [7, 11) is 0. The minimum atomic E-state index is -1.06. The van der Waals surface area contributed by atoms with E-state index in [1.807, 2.05) is 30.3 Å². The Morgan fingerprint density at radius 3 is 2.76 bits per heavy atom. The van der Waals surface area contributed by atoms with Crippen LogP contribution in [0.2, 0.25) is 0 Å². The number of hydrogen-bond acceptors (Lipinski definition) is 3. The molecule has 0 amide bonds. The Morgan fingerprint density at radius 2 is 1.95 bits per heavy atom. The van der Waals surface area contributed by atoms with Gasteiger partial charge in [0.25, 0.3) is 5.56 Å². The fourth-order valence-corrected chi connectivity index (χ4v) is 2.26. The number of aromatic carboxylic acids is 1. The molecular formula is C16H12N2O3. The summed E-state index contributed by atoms with van der Waals surface area (Å²) < 4.78 is 1.38. The van der Waals surface area contributed by atoms with Gasteiger partial charge in [-0.05, 0) is 17.7 Å². The van der Waals surface area contributed by atoms with Gasteiger partial charge in [-0.1, -0.05) is 24.3 Å². The van der Waals surface area contributed by atoms with Gasteiger partial charge in [-0.2, -0.15) is 0 Å². The van der Waals surface area contributed by atoms with E-state index < -0.39 is 5.97 Å². The van der Waals surface area contributed by atoms with Gasteiger partial charge in [0.05, 0.1) is 17.6 Å². The number of pyridine rings is 2. The van der Waals surface area contributed by atoms with Gasteiger partial charge in [0.2, 0.25) is 0 Å². The van der Waals surface area contributed by atoms with Crippen molar-refractivity contribution in [2.24, 2.45) is 0 Å². The first-order valence-corrected chi connectivity index (χ1v) is 6.41. The molecule has 2 aromatic heterocycles. The predicted molar refractivity (Wildman–Crippen MR) is 78.5 cm³/mol. The van der Waals surface area contributed by atoms with Gasteiger partial charge in [-0.3, -0.25) is 9.78 Å². The van der Waals surface area contributed by atoms with E-state index in [1.165, 1.54) is 22.9 Å². The van der Waals surface area contributed by atoms with Crippen LogP contribution in [0, 0.1) is 0 Å². The summed E-state index contributed by atoms with van der Waals surface area (Å²) in [6, 6.07) is 12.1. The van der Waals surface area contributed by atoms with E-state index in [1.54, 1.807) is 6.20 Å². The van der Waals surface area contributed by atoms with Crippen LogP contribution in [0.4, 0.5) is 0 Å². The molecule has 21 heavy (non-hydrogen) atoms. The lowest BCUT2D eigenvalue weighted by Gasteiger charge is -2.09. The molecule has 104 valence electrons. The second-order valence-electron chi connectivity index (χ2n) is 4.68. The average Bonchev–Trinajstić information content (AvgIpc) is 2.49. The van der Waals surface area contributed by atoms with Crippen LogP contribution < -0.4 is 5.56 Å². The standard InChI is InChI=1S/C16H12N2O3/c19-14-7-6-13(16(20)21)10-18(14)9-12-4-1-3-11-5-2-8-17-15(11)12/h1-8,10H,9H2,(H,20,21). The van der Waals surface area contributed by atoms with E-state index in [2.05, 4.69) is 4.98 Å². The van der Waals surface area contributed by atoms with Crippen LogP contribution in [-0.4, -0.2) is 20.6 Å². The summed E-state index contributed by atoms with van der Waals surface area (Å²) in [5.74, 6) is -1.06. The summed E-state index contributed by atoms with van der Waals surface area (Å²) in [4.78, 5) is 27.2. The van der Waals surface area contributed by atoms with Crippen molar-refractivity contribution in [3.63, 3.8) is 0 Å². The van der Waals surface area contributed by atoms with Crippen LogP contribution in [0.1, 0.15) is 15.9 Å². The van der Waals surface area contributed by atoms with Crippen molar-refractivity contribution in [1.82, 2.24) is 9.55 Å². The molecule has 0 saturated heterocycles. The topological polar surface area (TPSA) is 72.2 Å². The van der Waals surface area contributed by atoms with Gasteiger partial charge in [0, 0.05) is 23.8 Å². The molecule has 0 spiro atoms. The SMILES string of the molecule is O=C(O)c1ccc(=O)n(Cc2cccc3cccnc23)c1. The maximum absolute atomic E-state index is 11.9. The summed E-state index contributed by atoms with van der Waals surface area (Å²) >= 11 is 0. The monoisotopic (exact) mass is 280 g/mol. The van der Waals surface area contributed by atoms with Crippen LogP contribution >= 0.6 is 0 Å². The fraction of sp³-hybridized carbons (Fsp3) is 0.0625. The molecule has 3 rings (SSSR count). The lowest BCUT2D eigenvalue weighted by molar-refractivity contribution is 0.0696. The average molecular weight is 280 g/mol. The number of rotatable bonds is 3. The van der Waals surface area contributed by atoms with E-state index in [4.69, 9.17) is 5.11 Å². The number of para-hydroxylation sites is 1. The van der Waals surface area contributed by atoms with E-state index in [9.17, 15) is 9.59 Å². The molecule has 3 aromatic rings. The largest absolute Gasteiger partial charge is 0.478 e. The lowest BCUT2D eigenvalue weighted by Crippen LogP contribution is -2.20. The molecule has 1 aromatic carbocycles. The van der Waals surface area contributed by atoms with Crippen molar-refractivity contribution >= 4 is 16.9 Å². The van der Waals surface area contributed by atoms with E-state index >= 15 is 0 Å². The minimum Gasteiger partial charge on any atom is -0.478 e. The molecule has 5 nitrogen and oxygen atoms in total. The third-order valence-corrected chi connectivity index (χ3v) is 3.29. The molecule has 0 radical (unpaired) electrons. The summed E-state index contributed by atoms with van der Waals surface area (Å²) in [6.45, 7) is 0.286. The first-order valence-electron chi connectivity index (χ1n) is 6.41. The summed E-state index contributed by atoms with van der Waals surface area (Å²) in [5, 5.41) is 9.99. The molecule has 0 atom stereocenters. The van der Waals surface area contributed by atoms with Gasteiger partial charge in [0.15, 0.2) is 0 Å². The number of fused-ring (bicyclic) bond motifs is 1. The van der Waals surface area contributed by atoms with Crippen LogP contribution in [0.15, 0.2) is 59.7 Å². The fourth-order valence-electron chi connectivity index (χ4n) is 2.26. The van der Waals surface area contributed by atoms with Crippen LogP contribution in [-0.2, 0) is 6.54 Å². The highest BCUT2D eigenvalue weighted by Crippen LogP contribution is 2.16. The summed E-state index contributed by atoms with van der Waals surface area (Å²) in [6.07, 6.45) is 3.05. The van der Waals surface area contributed by atoms with Gasteiger partial charge in [-0.25, -0.2) is 4.79 Å². The van der Waals surface area contributed by atoms with Gasteiger partial charge in [0.1, 0.15) is 0 Å². The van der Waals surface area contributed by atoms with Gasteiger partial charge < -0.3 is 9.67 Å². The van der Waals surface area contributed by atoms with E-state index in [0.29, 0.717) is 0 Å². The zero-order valence-electron chi connectivity index (χ0n) is 11.1. The Labute approximate surface area is 120 Å². The Morgan fingerprint density at radius 1 is 1.14 bits per heavy atom. The molecule has 0 saturated carbocycles. The first-order chi connectivity index (χ1) is 10.1. The molecule has 5 heteroatoms. The van der Waals surface area contributed by atoms with E-state index in [0.717, 1.165) is 16.5 Å². The predicted octanol–water partition coefficient (Wildman–Crippen LogP) is 2.14. The molecule has 0 unspecified atom stereocenters. The maximum atomic E-state index is 11.9. The highest BCUT2D eigenvalue weighted by atomic mass is 16.4. The molecule has 0 aliphatic heterocycles. The molecule has 0 fully saturated rings. The molecule has 0 bridgehead atoms. The molecule has 0 aliphatic rings. The molecule has 0 aliphatic carbocycles. The van der Waals surface area contributed by atoms with Crippen LogP contribution in [0.3, 0.4) is 0 Å². The number of carboxylic acid groups (broad SMARTS) is 1. The number of carbonyl (C=O) groups is 1. The van der Waals surface area contributed by atoms with Crippen molar-refractivity contribution in [3.8, 4) is 0 Å². The number of carboxylic acids is 1. The zero-order valence-corrected chi connectivity index (χ0v) is 11.1. The lowest BCUT2D eigenvalue weighted by atomic mass is 10.1. The van der Waals surface area contributed by atoms with Crippen molar-refractivity contribution < 1.29 is 9.90 Å². The van der Waals surface area contributed by atoms with Crippen molar-refractivity contribution in [1.29, 1.82) is 0 Å². The highest BCUT2D eigenvalue weighted by molar-refractivity contribution is 5.87. The first kappa shape index (κ1) is 13.1. The smallest absolute Gasteiger partial charge is 0.337 e. The highest BCUT2D eigenvalue weighted by Gasteiger charge is 2.07. The summed E-state index contributed by atoms with van der Waals surface area (Å²) in [5.41, 5.74) is 1.53. The third-order valence-electron chi connectivity index (χ3n) is 3.29. The number of benzene rings is 1. The van der Waals surface area contributed by atoms with Crippen LogP contribution in [0.5, 0.6) is 0 Å². The third kappa shape index (κ3) is 2.53. The Hall–Kier alpha value is -2.95. The second-order valence-corrected chi connectivity index (χ2v) is 4.68. The van der Waals surface area contributed by atoms with Crippen molar-refractivity contribution in [2.45, 2.75) is 6.54 Å². The number of aromatic nitrogens is 2. The second kappa shape index (κ2) is 5.20. The quantitative estimate of drug-likeness (QED) is 0.797. The Bertz CT molecular complexity index is 879. The maximum Gasteiger partial charge on any atom is 0.337 e. The van der Waals surface area contributed by atoms with Crippen LogP contribution in [0.25, 0.3) is 10.9 Å². The number of hydrogen-bond donors (Lipinski definition) is 1. The van der Waals surface area contributed by atoms with Gasteiger partial charge >= 0.3 is 5.97 Å². The Kier molecular flexibility index (Phi) is 3.23. The number of nitrogens with zero attached hydrogens (tertiary/aromatic N) is 2. The van der Waals surface area contributed by atoms with Crippen molar-refractivity contribution in [3.05, 3.63) is 76.3 Å². The molecule has 2 heterocycles. The zero-order chi connectivity index (χ0) is 14.8. The van der Waals surface area contributed by atoms with Crippen molar-refractivity contribution in [2.75, 3.05) is 0 Å². The van der Waals surface area contributed by atoms with E-state index in [-0.39, 0.29) is 17.7 Å².